The molecule has 1 aliphatic heterocycles. The lowest BCUT2D eigenvalue weighted by molar-refractivity contribution is 0.538. The average Bonchev–Trinajstić information content (AvgIpc) is 2.29. The third kappa shape index (κ3) is 1.42. The smallest absolute Gasteiger partial charge is 0.180 e. The van der Waals surface area contributed by atoms with Crippen molar-refractivity contribution in [2.45, 2.75) is 11.4 Å². The second-order valence-corrected chi connectivity index (χ2v) is 4.67. The maximum Gasteiger partial charge on any atom is 0.180 e. The van der Waals surface area contributed by atoms with E-state index in [1.54, 1.807) is 0 Å². The lowest BCUT2D eigenvalue weighted by Gasteiger charge is -2.21. The van der Waals surface area contributed by atoms with Crippen LogP contribution in [0.4, 0.5) is 0 Å². The number of hydrogen-bond acceptors (Lipinski definition) is 3. The monoisotopic (exact) mass is 218 g/mol. The Morgan fingerprint density at radius 3 is 2.93 bits per heavy atom. The molecule has 76 valence electrons. The van der Waals surface area contributed by atoms with E-state index in [2.05, 4.69) is 22.4 Å². The summed E-state index contributed by atoms with van der Waals surface area (Å²) in [4.78, 5) is 3.61. The number of nitrogens with one attached hydrogen (secondary N) is 2. The van der Waals surface area contributed by atoms with Crippen LogP contribution in [0.5, 0.6) is 0 Å². The number of rotatable bonds is 0. The van der Waals surface area contributed by atoms with Gasteiger partial charge in [0.15, 0.2) is 4.90 Å². The highest BCUT2D eigenvalue weighted by Crippen LogP contribution is 2.27. The van der Waals surface area contributed by atoms with Crippen LogP contribution in [0.1, 0.15) is 5.56 Å². The van der Waals surface area contributed by atoms with Gasteiger partial charge in [-0.25, -0.2) is 5.43 Å². The molecule has 0 saturated heterocycles. The zero-order valence-corrected chi connectivity index (χ0v) is 8.80. The van der Waals surface area contributed by atoms with Gasteiger partial charge in [0.1, 0.15) is 0 Å². The van der Waals surface area contributed by atoms with Crippen LogP contribution in [0.2, 0.25) is 0 Å². The molecule has 2 N–H and O–H groups in total. The van der Waals surface area contributed by atoms with Crippen molar-refractivity contribution in [1.29, 1.82) is 0 Å². The van der Waals surface area contributed by atoms with Gasteiger partial charge in [0, 0.05) is 12.1 Å². The predicted molar refractivity (Wildman–Crippen MR) is 60.3 cm³/mol. The van der Waals surface area contributed by atoms with Crippen LogP contribution in [0.15, 0.2) is 41.3 Å². The lowest BCUT2D eigenvalue weighted by Crippen LogP contribution is -2.41. The van der Waals surface area contributed by atoms with Gasteiger partial charge in [0.25, 0.3) is 0 Å². The zero-order valence-electron chi connectivity index (χ0n) is 7.99. The first-order chi connectivity index (χ1) is 7.36. The Kier molecular flexibility index (Phi) is 2.14. The minimum atomic E-state index is -1.13. The highest BCUT2D eigenvalue weighted by atomic mass is 32.2. The predicted octanol–water partition coefficient (Wildman–Crippen LogP) is 1.47. The molecule has 15 heavy (non-hydrogen) atoms. The molecule has 1 heterocycles. The summed E-state index contributed by atoms with van der Waals surface area (Å²) in [7, 11) is 0. The van der Waals surface area contributed by atoms with Crippen molar-refractivity contribution >= 4 is 22.1 Å². The fourth-order valence-corrected chi connectivity index (χ4v) is 2.83. The maximum atomic E-state index is 11.7. The van der Waals surface area contributed by atoms with Crippen molar-refractivity contribution in [1.82, 2.24) is 10.3 Å². The van der Waals surface area contributed by atoms with E-state index in [4.69, 9.17) is 0 Å². The Balaban J connectivity index is 2.33. The SMILES string of the molecule is [O-][S+]1NNCc2c1ccc1ccccc21. The highest BCUT2D eigenvalue weighted by molar-refractivity contribution is 7.89. The molecular formula is C11H10N2OS. The Hall–Kier alpha value is -1.07. The lowest BCUT2D eigenvalue weighted by atomic mass is 10.0. The van der Waals surface area contributed by atoms with Gasteiger partial charge < -0.3 is 4.55 Å². The number of benzene rings is 2. The van der Waals surface area contributed by atoms with Gasteiger partial charge in [0.05, 0.1) is 11.4 Å². The van der Waals surface area contributed by atoms with Gasteiger partial charge in [-0.1, -0.05) is 29.1 Å². The van der Waals surface area contributed by atoms with E-state index < -0.39 is 11.4 Å². The first-order valence-electron chi connectivity index (χ1n) is 4.77. The molecule has 0 amide bonds. The van der Waals surface area contributed by atoms with Crippen molar-refractivity contribution in [3.8, 4) is 0 Å². The summed E-state index contributed by atoms with van der Waals surface area (Å²) in [6, 6.07) is 12.1. The van der Waals surface area contributed by atoms with Crippen molar-refractivity contribution in [3.63, 3.8) is 0 Å². The summed E-state index contributed by atoms with van der Waals surface area (Å²) in [5, 5.41) is 2.37. The molecule has 1 unspecified atom stereocenters. The van der Waals surface area contributed by atoms with Gasteiger partial charge in [-0.15, -0.1) is 0 Å². The van der Waals surface area contributed by atoms with Crippen LogP contribution in [0, 0.1) is 0 Å². The van der Waals surface area contributed by atoms with Crippen LogP contribution in [-0.2, 0) is 17.9 Å². The molecule has 0 bridgehead atoms. The molecule has 3 rings (SSSR count). The maximum absolute atomic E-state index is 11.7. The molecular weight excluding hydrogens is 208 g/mol. The molecule has 0 radical (unpaired) electrons. The summed E-state index contributed by atoms with van der Waals surface area (Å²) >= 11 is -1.13. The Morgan fingerprint density at radius 2 is 2.00 bits per heavy atom. The van der Waals surface area contributed by atoms with Crippen molar-refractivity contribution in [2.75, 3.05) is 0 Å². The van der Waals surface area contributed by atoms with Crippen LogP contribution < -0.4 is 10.3 Å². The Bertz CT molecular complexity index is 515. The first kappa shape index (κ1) is 9.18. The Labute approximate surface area is 90.8 Å². The normalized spacial score (nSPS) is 20.2. The molecule has 0 aromatic heterocycles. The third-order valence-electron chi connectivity index (χ3n) is 2.63. The molecule has 2 aromatic carbocycles. The molecule has 4 heteroatoms. The molecule has 1 atom stereocenters. The third-order valence-corrected chi connectivity index (χ3v) is 3.74. The highest BCUT2D eigenvalue weighted by Gasteiger charge is 2.22. The van der Waals surface area contributed by atoms with E-state index in [1.165, 1.54) is 10.8 Å². The van der Waals surface area contributed by atoms with E-state index >= 15 is 0 Å². The van der Waals surface area contributed by atoms with E-state index in [9.17, 15) is 4.55 Å². The number of hydrazine groups is 1. The van der Waals surface area contributed by atoms with E-state index in [1.807, 2.05) is 24.3 Å². The summed E-state index contributed by atoms with van der Waals surface area (Å²) < 4.78 is 11.7. The van der Waals surface area contributed by atoms with Crippen molar-refractivity contribution < 1.29 is 4.55 Å². The van der Waals surface area contributed by atoms with Crippen molar-refractivity contribution in [2.24, 2.45) is 0 Å². The average molecular weight is 218 g/mol. The standard InChI is InChI=1S/C11H10N2OS/c14-15-11-6-5-8-3-1-2-4-9(8)10(11)7-12-13-15/h1-6,12-13H,7H2. The zero-order chi connectivity index (χ0) is 10.3. The van der Waals surface area contributed by atoms with Crippen LogP contribution >= 0.6 is 0 Å². The molecule has 1 aliphatic rings. The minimum Gasteiger partial charge on any atom is -0.592 e. The molecule has 2 aromatic rings. The minimum absolute atomic E-state index is 0.711. The summed E-state index contributed by atoms with van der Waals surface area (Å²) in [6.07, 6.45) is 0. The van der Waals surface area contributed by atoms with Gasteiger partial charge in [-0.2, -0.15) is 0 Å². The largest absolute Gasteiger partial charge is 0.592 e. The molecule has 0 fully saturated rings. The number of hydrogen-bond donors (Lipinski definition) is 2. The van der Waals surface area contributed by atoms with Crippen LogP contribution in [-0.4, -0.2) is 4.55 Å². The van der Waals surface area contributed by atoms with Gasteiger partial charge in [0.2, 0.25) is 0 Å². The summed E-state index contributed by atoms with van der Waals surface area (Å²) in [5.41, 5.74) is 4.06. The fraction of sp³-hybridized carbons (Fsp3) is 0.0909. The molecule has 0 aliphatic carbocycles. The molecule has 0 saturated carbocycles. The van der Waals surface area contributed by atoms with Crippen LogP contribution in [0.25, 0.3) is 10.8 Å². The second kappa shape index (κ2) is 3.50. The Morgan fingerprint density at radius 1 is 1.13 bits per heavy atom. The van der Waals surface area contributed by atoms with Gasteiger partial charge in [-0.3, -0.25) is 0 Å². The second-order valence-electron chi connectivity index (χ2n) is 3.49. The van der Waals surface area contributed by atoms with E-state index in [0.717, 1.165) is 10.5 Å². The number of fused-ring (bicyclic) bond motifs is 3. The summed E-state index contributed by atoms with van der Waals surface area (Å²) in [6.45, 7) is 0.711. The molecule has 3 nitrogen and oxygen atoms in total. The van der Waals surface area contributed by atoms with E-state index in [-0.39, 0.29) is 0 Å². The van der Waals surface area contributed by atoms with E-state index in [0.29, 0.717) is 6.54 Å². The quantitative estimate of drug-likeness (QED) is 0.658. The van der Waals surface area contributed by atoms with Gasteiger partial charge in [-0.05, 0) is 22.9 Å². The van der Waals surface area contributed by atoms with Crippen molar-refractivity contribution in [3.05, 3.63) is 42.0 Å². The first-order valence-corrected chi connectivity index (χ1v) is 5.92. The van der Waals surface area contributed by atoms with Crippen LogP contribution in [0.3, 0.4) is 0 Å². The topological polar surface area (TPSA) is 47.1 Å². The summed E-state index contributed by atoms with van der Waals surface area (Å²) in [5.74, 6) is 0. The fourth-order valence-electron chi connectivity index (χ4n) is 1.92. The van der Waals surface area contributed by atoms with Gasteiger partial charge >= 0.3 is 0 Å². The molecule has 0 spiro atoms.